The highest BCUT2D eigenvalue weighted by atomic mass is 32.2. The molecule has 0 amide bonds. The van der Waals surface area contributed by atoms with Crippen molar-refractivity contribution in [2.45, 2.75) is 4.90 Å². The van der Waals surface area contributed by atoms with Gasteiger partial charge in [0.15, 0.2) is 5.76 Å². The highest BCUT2D eigenvalue weighted by Crippen LogP contribution is 2.26. The van der Waals surface area contributed by atoms with E-state index in [2.05, 4.69) is 10.3 Å². The number of anilines is 2. The number of hydrogen-bond donors (Lipinski definition) is 1. The van der Waals surface area contributed by atoms with E-state index in [1.807, 2.05) is 0 Å². The maximum Gasteiger partial charge on any atom is 0.299 e. The molecule has 0 radical (unpaired) electrons. The molecule has 0 saturated carbocycles. The Kier molecular flexibility index (Phi) is 4.56. The molecule has 0 unspecified atom stereocenters. The predicted molar refractivity (Wildman–Crippen MR) is 92.5 cm³/mol. The molecule has 0 fully saturated rings. The van der Waals surface area contributed by atoms with Crippen molar-refractivity contribution in [1.82, 2.24) is 9.29 Å². The van der Waals surface area contributed by atoms with E-state index < -0.39 is 10.0 Å². The fraction of sp³-hybridized carbons (Fsp3) is 0.118. The summed E-state index contributed by atoms with van der Waals surface area (Å²) in [6.07, 6.45) is 1.51. The standard InChI is InChI=1S/C17H16FN3O3S/c1-21(2)25(22,23)15-5-3-4-14(10-15)20-17-19-11-16(24-17)12-6-8-13(18)9-7-12/h3-11H,1-2H3,(H,19,20). The molecule has 6 nitrogen and oxygen atoms in total. The monoisotopic (exact) mass is 361 g/mol. The van der Waals surface area contributed by atoms with Crippen LogP contribution in [0.1, 0.15) is 0 Å². The summed E-state index contributed by atoms with van der Waals surface area (Å²) in [6, 6.07) is 12.4. The van der Waals surface area contributed by atoms with Crippen molar-refractivity contribution in [2.24, 2.45) is 0 Å². The van der Waals surface area contributed by atoms with Gasteiger partial charge in [-0.1, -0.05) is 6.07 Å². The number of rotatable bonds is 5. The van der Waals surface area contributed by atoms with Gasteiger partial charge < -0.3 is 9.73 Å². The van der Waals surface area contributed by atoms with Gasteiger partial charge in [0, 0.05) is 25.3 Å². The van der Waals surface area contributed by atoms with Crippen LogP contribution in [0.4, 0.5) is 16.1 Å². The van der Waals surface area contributed by atoms with Crippen molar-refractivity contribution in [3.63, 3.8) is 0 Å². The number of oxazole rings is 1. The average Bonchev–Trinajstić information content (AvgIpc) is 3.04. The lowest BCUT2D eigenvalue weighted by Gasteiger charge is -2.12. The number of nitrogens with zero attached hydrogens (tertiary/aromatic N) is 2. The topological polar surface area (TPSA) is 75.4 Å². The van der Waals surface area contributed by atoms with Gasteiger partial charge in [0.25, 0.3) is 6.01 Å². The molecule has 3 aromatic rings. The zero-order valence-corrected chi connectivity index (χ0v) is 14.4. The molecule has 1 heterocycles. The number of hydrogen-bond acceptors (Lipinski definition) is 5. The van der Waals surface area contributed by atoms with Crippen LogP contribution in [0, 0.1) is 5.82 Å². The summed E-state index contributed by atoms with van der Waals surface area (Å²) in [5.74, 6) is 0.139. The number of benzene rings is 2. The minimum absolute atomic E-state index is 0.160. The minimum Gasteiger partial charge on any atom is -0.423 e. The predicted octanol–water partition coefficient (Wildman–Crippen LogP) is 3.47. The van der Waals surface area contributed by atoms with E-state index in [1.165, 1.54) is 44.6 Å². The van der Waals surface area contributed by atoms with Crippen LogP contribution in [0.5, 0.6) is 0 Å². The van der Waals surface area contributed by atoms with Gasteiger partial charge in [0.05, 0.1) is 11.1 Å². The lowest BCUT2D eigenvalue weighted by atomic mass is 10.2. The molecular formula is C17H16FN3O3S. The molecule has 3 rings (SSSR count). The molecule has 0 aliphatic heterocycles. The summed E-state index contributed by atoms with van der Waals surface area (Å²) in [7, 11) is -0.585. The van der Waals surface area contributed by atoms with Crippen molar-refractivity contribution < 1.29 is 17.2 Å². The average molecular weight is 361 g/mol. The summed E-state index contributed by atoms with van der Waals surface area (Å²) < 4.78 is 44.1. The van der Waals surface area contributed by atoms with Crippen molar-refractivity contribution in [3.8, 4) is 11.3 Å². The van der Waals surface area contributed by atoms with Crippen molar-refractivity contribution in [3.05, 3.63) is 60.5 Å². The van der Waals surface area contributed by atoms with Gasteiger partial charge in [-0.25, -0.2) is 22.1 Å². The van der Waals surface area contributed by atoms with Crippen molar-refractivity contribution in [1.29, 1.82) is 0 Å². The van der Waals surface area contributed by atoms with E-state index in [0.717, 1.165) is 4.31 Å². The molecule has 0 saturated heterocycles. The molecule has 130 valence electrons. The van der Waals surface area contributed by atoms with Gasteiger partial charge in [-0.05, 0) is 42.5 Å². The molecule has 0 atom stereocenters. The molecule has 0 aliphatic carbocycles. The minimum atomic E-state index is -3.53. The largest absolute Gasteiger partial charge is 0.423 e. The number of halogens is 1. The summed E-state index contributed by atoms with van der Waals surface area (Å²) in [5.41, 5.74) is 1.21. The third-order valence-corrected chi connectivity index (χ3v) is 5.31. The molecule has 25 heavy (non-hydrogen) atoms. The number of nitrogens with one attached hydrogen (secondary N) is 1. The van der Waals surface area contributed by atoms with Crippen LogP contribution < -0.4 is 5.32 Å². The van der Waals surface area contributed by atoms with E-state index in [9.17, 15) is 12.8 Å². The molecule has 8 heteroatoms. The number of sulfonamides is 1. The Morgan fingerprint density at radius 2 is 1.84 bits per heavy atom. The first-order chi connectivity index (χ1) is 11.9. The fourth-order valence-corrected chi connectivity index (χ4v) is 3.10. The van der Waals surface area contributed by atoms with Crippen LogP contribution in [0.25, 0.3) is 11.3 Å². The first-order valence-electron chi connectivity index (χ1n) is 7.37. The van der Waals surface area contributed by atoms with E-state index in [0.29, 0.717) is 17.0 Å². The molecule has 1 N–H and O–H groups in total. The lowest BCUT2D eigenvalue weighted by molar-refractivity contribution is 0.520. The van der Waals surface area contributed by atoms with E-state index >= 15 is 0 Å². The first kappa shape index (κ1) is 17.1. The van der Waals surface area contributed by atoms with Crippen LogP contribution in [0.3, 0.4) is 0 Å². The Bertz CT molecular complexity index is 982. The van der Waals surface area contributed by atoms with Crippen molar-refractivity contribution in [2.75, 3.05) is 19.4 Å². The summed E-state index contributed by atoms with van der Waals surface area (Å²) in [6.45, 7) is 0. The first-order valence-corrected chi connectivity index (χ1v) is 8.81. The summed E-state index contributed by atoms with van der Waals surface area (Å²) >= 11 is 0. The SMILES string of the molecule is CN(C)S(=O)(=O)c1cccc(Nc2ncc(-c3ccc(F)cc3)o2)c1. The molecule has 1 aromatic heterocycles. The second kappa shape index (κ2) is 6.66. The van der Waals surface area contributed by atoms with Crippen molar-refractivity contribution >= 4 is 21.7 Å². The van der Waals surface area contributed by atoms with Gasteiger partial charge >= 0.3 is 0 Å². The zero-order valence-electron chi connectivity index (χ0n) is 13.6. The highest BCUT2D eigenvalue weighted by molar-refractivity contribution is 7.89. The molecule has 0 spiro atoms. The number of aromatic nitrogens is 1. The molecule has 0 bridgehead atoms. The van der Waals surface area contributed by atoms with Crippen LogP contribution in [0.15, 0.2) is 64.0 Å². The second-order valence-corrected chi connectivity index (χ2v) is 7.63. The van der Waals surface area contributed by atoms with Crippen LogP contribution in [-0.4, -0.2) is 31.8 Å². The Hall–Kier alpha value is -2.71. The van der Waals surface area contributed by atoms with Crippen LogP contribution >= 0.6 is 0 Å². The Morgan fingerprint density at radius 3 is 2.52 bits per heavy atom. The molecular weight excluding hydrogens is 345 g/mol. The fourth-order valence-electron chi connectivity index (χ4n) is 2.15. The third kappa shape index (κ3) is 3.70. The van der Waals surface area contributed by atoms with Crippen LogP contribution in [-0.2, 0) is 10.0 Å². The Labute approximate surface area is 145 Å². The van der Waals surface area contributed by atoms with Crippen LogP contribution in [0.2, 0.25) is 0 Å². The van der Waals surface area contributed by atoms with Gasteiger partial charge in [-0.3, -0.25) is 0 Å². The molecule has 0 aliphatic rings. The maximum absolute atomic E-state index is 13.0. The Balaban J connectivity index is 1.83. The lowest BCUT2D eigenvalue weighted by Crippen LogP contribution is -2.22. The van der Waals surface area contributed by atoms with Gasteiger partial charge in [-0.15, -0.1) is 0 Å². The van der Waals surface area contributed by atoms with Gasteiger partial charge in [-0.2, -0.15) is 0 Å². The zero-order chi connectivity index (χ0) is 18.0. The van der Waals surface area contributed by atoms with Gasteiger partial charge in [0.2, 0.25) is 10.0 Å². The quantitative estimate of drug-likeness (QED) is 0.753. The van der Waals surface area contributed by atoms with E-state index in [1.54, 1.807) is 24.3 Å². The van der Waals surface area contributed by atoms with E-state index in [4.69, 9.17) is 4.42 Å². The summed E-state index contributed by atoms with van der Waals surface area (Å²) in [5, 5.41) is 2.92. The Morgan fingerprint density at radius 1 is 1.12 bits per heavy atom. The van der Waals surface area contributed by atoms with Gasteiger partial charge in [0.1, 0.15) is 5.82 Å². The summed E-state index contributed by atoms with van der Waals surface area (Å²) in [4.78, 5) is 4.27. The van der Waals surface area contributed by atoms with E-state index in [-0.39, 0.29) is 16.7 Å². The molecule has 2 aromatic carbocycles. The smallest absolute Gasteiger partial charge is 0.299 e. The second-order valence-electron chi connectivity index (χ2n) is 5.48. The maximum atomic E-state index is 13.0. The normalized spacial score (nSPS) is 11.7. The highest BCUT2D eigenvalue weighted by Gasteiger charge is 2.17. The third-order valence-electron chi connectivity index (χ3n) is 3.50.